The Morgan fingerprint density at radius 2 is 1.20 bits per heavy atom. The van der Waals surface area contributed by atoms with E-state index in [4.69, 9.17) is 5.53 Å². The summed E-state index contributed by atoms with van der Waals surface area (Å²) in [7, 11) is 0. The second kappa shape index (κ2) is 3.16. The Morgan fingerprint density at radius 3 is 1.40 bits per heavy atom. The van der Waals surface area contributed by atoms with Crippen molar-refractivity contribution in [2.24, 2.45) is 9.98 Å². The summed E-state index contributed by atoms with van der Waals surface area (Å²) >= 11 is 0. The van der Waals surface area contributed by atoms with Crippen molar-refractivity contribution >= 4 is 17.4 Å². The van der Waals surface area contributed by atoms with E-state index in [-0.39, 0.29) is 0 Å². The van der Waals surface area contributed by atoms with Gasteiger partial charge in [0.1, 0.15) is 0 Å². The Bertz CT molecular complexity index is 361. The van der Waals surface area contributed by atoms with Crippen LogP contribution in [0.2, 0.25) is 0 Å². The SMILES string of the molecule is [N-]=[N+]=C1N=C(C(F)(F)F)C(C(F)(F)F)=N1. The molecule has 0 bridgehead atoms. The van der Waals surface area contributed by atoms with E-state index >= 15 is 0 Å². The fourth-order valence-corrected chi connectivity index (χ4v) is 0.771. The number of hydrogen-bond acceptors (Lipinski definition) is 0. The minimum absolute atomic E-state index is 1.28. The van der Waals surface area contributed by atoms with E-state index in [0.29, 0.717) is 0 Å². The number of guanidine groups is 1. The summed E-state index contributed by atoms with van der Waals surface area (Å²) in [6.45, 7) is 0. The number of halogens is 6. The summed E-state index contributed by atoms with van der Waals surface area (Å²) in [5.41, 5.74) is 3.53. The first-order chi connectivity index (χ1) is 6.66. The minimum atomic E-state index is -5.30. The van der Waals surface area contributed by atoms with Crippen LogP contribution >= 0.6 is 0 Å². The van der Waals surface area contributed by atoms with Crippen molar-refractivity contribution in [1.82, 2.24) is 0 Å². The highest BCUT2D eigenvalue weighted by Crippen LogP contribution is 2.29. The number of rotatable bonds is 0. The maximum Gasteiger partial charge on any atom is 0.507 e. The van der Waals surface area contributed by atoms with E-state index in [1.165, 1.54) is 0 Å². The van der Waals surface area contributed by atoms with Gasteiger partial charge in [0.25, 0.3) is 11.4 Å². The van der Waals surface area contributed by atoms with Crippen molar-refractivity contribution in [2.75, 3.05) is 0 Å². The molecule has 0 amide bonds. The first-order valence-corrected chi connectivity index (χ1v) is 3.20. The fraction of sp³-hybridized carbons (Fsp3) is 0.400. The number of alkyl halides is 6. The topological polar surface area (TPSA) is 61.1 Å². The first-order valence-electron chi connectivity index (χ1n) is 3.20. The lowest BCUT2D eigenvalue weighted by Crippen LogP contribution is -2.38. The maximum atomic E-state index is 12.0. The standard InChI is InChI=1S/C5F6N4/c6-4(7,8)1-2(5(9,10)11)14-3(13-1)15-12. The summed E-state index contributed by atoms with van der Waals surface area (Å²) in [4.78, 5) is 6.84. The fourth-order valence-electron chi connectivity index (χ4n) is 0.771. The number of nitrogens with zero attached hydrogens (tertiary/aromatic N) is 4. The maximum absolute atomic E-state index is 12.0. The highest BCUT2D eigenvalue weighted by Gasteiger charge is 2.58. The molecule has 0 atom stereocenters. The van der Waals surface area contributed by atoms with Gasteiger partial charge in [0, 0.05) is 0 Å². The van der Waals surface area contributed by atoms with Gasteiger partial charge < -0.3 is 10.3 Å². The van der Waals surface area contributed by atoms with Crippen LogP contribution in [-0.2, 0) is 0 Å². The zero-order valence-corrected chi connectivity index (χ0v) is 6.56. The van der Waals surface area contributed by atoms with Crippen LogP contribution in [-0.4, -0.2) is 34.5 Å². The molecule has 0 fully saturated rings. The molecule has 0 radical (unpaired) electrons. The van der Waals surface area contributed by atoms with Crippen molar-refractivity contribution in [2.45, 2.75) is 12.4 Å². The molecule has 0 saturated heterocycles. The third-order valence-electron chi connectivity index (χ3n) is 1.27. The molecule has 0 aliphatic carbocycles. The van der Waals surface area contributed by atoms with Gasteiger partial charge in [-0.05, 0) is 9.98 Å². The molecule has 1 heterocycles. The van der Waals surface area contributed by atoms with E-state index in [1.807, 2.05) is 0 Å². The van der Waals surface area contributed by atoms with E-state index in [0.717, 1.165) is 0 Å². The lowest BCUT2D eigenvalue weighted by Gasteiger charge is -2.06. The van der Waals surface area contributed by atoms with Crippen LogP contribution in [0.25, 0.3) is 5.53 Å². The Hall–Kier alpha value is -1.70. The van der Waals surface area contributed by atoms with Crippen molar-refractivity contribution in [1.29, 1.82) is 0 Å². The molecular weight excluding hydrogens is 230 g/mol. The van der Waals surface area contributed by atoms with Crippen LogP contribution in [0.15, 0.2) is 9.98 Å². The van der Waals surface area contributed by atoms with Gasteiger partial charge in [0.15, 0.2) is 0 Å². The van der Waals surface area contributed by atoms with E-state index < -0.39 is 29.7 Å². The molecule has 0 aromatic heterocycles. The summed E-state index contributed by atoms with van der Waals surface area (Å²) < 4.78 is 72.0. The molecule has 4 nitrogen and oxygen atoms in total. The normalized spacial score (nSPS) is 17.3. The molecule has 1 aliphatic rings. The van der Waals surface area contributed by atoms with E-state index in [2.05, 4.69) is 14.8 Å². The lowest BCUT2D eigenvalue weighted by molar-refractivity contribution is -0.0704. The monoisotopic (exact) mass is 230 g/mol. The molecule has 1 aliphatic heterocycles. The zero-order chi connectivity index (χ0) is 11.9. The van der Waals surface area contributed by atoms with Crippen molar-refractivity contribution in [3.63, 3.8) is 0 Å². The van der Waals surface area contributed by atoms with Crippen molar-refractivity contribution < 1.29 is 31.1 Å². The summed E-state index contributed by atoms with van der Waals surface area (Å²) in [5.74, 6) is -1.28. The molecule has 0 aromatic rings. The predicted octanol–water partition coefficient (Wildman–Crippen LogP) is 1.59. The van der Waals surface area contributed by atoms with E-state index in [1.54, 1.807) is 0 Å². The van der Waals surface area contributed by atoms with Gasteiger partial charge in [0.2, 0.25) is 0 Å². The molecular formula is C5F6N4. The Balaban J connectivity index is 3.29. The van der Waals surface area contributed by atoms with Crippen molar-refractivity contribution in [3.05, 3.63) is 5.53 Å². The number of aliphatic imine (C=N–C) groups is 2. The van der Waals surface area contributed by atoms with Crippen LogP contribution in [0.1, 0.15) is 0 Å². The Labute approximate surface area is 77.6 Å². The minimum Gasteiger partial charge on any atom is -0.542 e. The molecule has 0 saturated carbocycles. The number of hydrogen-bond donors (Lipinski definition) is 0. The predicted molar refractivity (Wildman–Crippen MR) is 35.6 cm³/mol. The van der Waals surface area contributed by atoms with Gasteiger partial charge in [-0.3, -0.25) is 0 Å². The van der Waals surface area contributed by atoms with Gasteiger partial charge in [-0.2, -0.15) is 26.3 Å². The third-order valence-corrected chi connectivity index (χ3v) is 1.27. The molecule has 0 aromatic carbocycles. The van der Waals surface area contributed by atoms with Crippen LogP contribution in [0.5, 0.6) is 0 Å². The lowest BCUT2D eigenvalue weighted by atomic mass is 10.2. The Kier molecular flexibility index (Phi) is 2.40. The second-order valence-electron chi connectivity index (χ2n) is 2.32. The summed E-state index contributed by atoms with van der Waals surface area (Å²) in [6, 6.07) is 0. The third kappa shape index (κ3) is 2.21. The average Bonchev–Trinajstić information content (AvgIpc) is 2.44. The quantitative estimate of drug-likeness (QED) is 0.344. The van der Waals surface area contributed by atoms with Gasteiger partial charge in [-0.1, -0.05) is 0 Å². The molecule has 15 heavy (non-hydrogen) atoms. The van der Waals surface area contributed by atoms with Crippen molar-refractivity contribution in [3.8, 4) is 0 Å². The second-order valence-corrected chi connectivity index (χ2v) is 2.32. The van der Waals surface area contributed by atoms with Gasteiger partial charge in [-0.15, -0.1) is 0 Å². The van der Waals surface area contributed by atoms with Crippen LogP contribution < -0.4 is 0 Å². The van der Waals surface area contributed by atoms with E-state index in [9.17, 15) is 26.3 Å². The van der Waals surface area contributed by atoms with Crippen LogP contribution in [0.4, 0.5) is 26.3 Å². The summed E-state index contributed by atoms with van der Waals surface area (Å²) in [5, 5.41) is 0. The molecule has 0 spiro atoms. The molecule has 82 valence electrons. The van der Waals surface area contributed by atoms with Crippen LogP contribution in [0.3, 0.4) is 0 Å². The first kappa shape index (κ1) is 11.4. The van der Waals surface area contributed by atoms with Gasteiger partial charge in [-0.25, -0.2) is 0 Å². The molecule has 0 N–H and O–H groups in total. The largest absolute Gasteiger partial charge is 0.542 e. The molecule has 0 unspecified atom stereocenters. The van der Waals surface area contributed by atoms with Crippen LogP contribution in [0, 0.1) is 0 Å². The Morgan fingerprint density at radius 1 is 0.867 bits per heavy atom. The molecule has 1 rings (SSSR count). The highest BCUT2D eigenvalue weighted by molar-refractivity contribution is 6.51. The van der Waals surface area contributed by atoms with Gasteiger partial charge in [0.05, 0.1) is 0 Å². The zero-order valence-electron chi connectivity index (χ0n) is 6.56. The average molecular weight is 230 g/mol. The summed E-state index contributed by atoms with van der Waals surface area (Å²) in [6.07, 6.45) is -10.6. The molecule has 10 heteroatoms. The highest BCUT2D eigenvalue weighted by atomic mass is 19.4. The smallest absolute Gasteiger partial charge is 0.507 e. The van der Waals surface area contributed by atoms with Gasteiger partial charge >= 0.3 is 18.3 Å².